The summed E-state index contributed by atoms with van der Waals surface area (Å²) in [6.45, 7) is 0. The van der Waals surface area contributed by atoms with Gasteiger partial charge in [-0.3, -0.25) is 4.79 Å². The van der Waals surface area contributed by atoms with Gasteiger partial charge in [0.1, 0.15) is 0 Å². The largest absolute Gasteiger partial charge is 0.294 e. The van der Waals surface area contributed by atoms with Crippen molar-refractivity contribution in [3.8, 4) is 0 Å². The number of ketones is 1. The van der Waals surface area contributed by atoms with Gasteiger partial charge in [0.15, 0.2) is 5.78 Å². The van der Waals surface area contributed by atoms with Gasteiger partial charge in [-0.25, -0.2) is 0 Å². The van der Waals surface area contributed by atoms with E-state index >= 15 is 0 Å². The van der Waals surface area contributed by atoms with Gasteiger partial charge < -0.3 is 0 Å². The molecule has 0 atom stereocenters. The predicted molar refractivity (Wildman–Crippen MR) is 106 cm³/mol. The lowest BCUT2D eigenvalue weighted by Crippen LogP contribution is -2.11. The number of carbonyl (C=O) groups is 1. The molecule has 0 aliphatic heterocycles. The zero-order valence-corrected chi connectivity index (χ0v) is 14.3. The number of hydrogen-bond donors (Lipinski definition) is 0. The minimum atomic E-state index is 0.239. The predicted octanol–water partition coefficient (Wildman–Crippen LogP) is 6.02. The number of allylic oxidation sites excluding steroid dienone is 6. The maximum absolute atomic E-state index is 12.3. The summed E-state index contributed by atoms with van der Waals surface area (Å²) in [5, 5.41) is 0. The topological polar surface area (TPSA) is 17.1 Å². The van der Waals surface area contributed by atoms with Crippen molar-refractivity contribution in [1.29, 1.82) is 0 Å². The second kappa shape index (κ2) is 8.79. The minimum Gasteiger partial charge on any atom is -0.294 e. The molecular weight excluding hydrogens is 304 g/mol. The molecule has 0 heterocycles. The molecule has 0 radical (unpaired) electrons. The zero-order valence-electron chi connectivity index (χ0n) is 14.3. The minimum absolute atomic E-state index is 0.239. The van der Waals surface area contributed by atoms with Crippen LogP contribution < -0.4 is 0 Å². The van der Waals surface area contributed by atoms with E-state index < -0.39 is 0 Å². The molecule has 2 aromatic rings. The molecule has 1 aliphatic rings. The van der Waals surface area contributed by atoms with E-state index in [1.165, 1.54) is 0 Å². The van der Waals surface area contributed by atoms with Gasteiger partial charge in [0.25, 0.3) is 0 Å². The molecule has 0 amide bonds. The van der Waals surface area contributed by atoms with Crippen LogP contribution in [0.1, 0.15) is 30.4 Å². The molecule has 1 aliphatic carbocycles. The van der Waals surface area contributed by atoms with Crippen molar-refractivity contribution in [2.45, 2.75) is 19.3 Å². The summed E-state index contributed by atoms with van der Waals surface area (Å²) in [5.74, 6) is 0.239. The quantitative estimate of drug-likeness (QED) is 0.628. The van der Waals surface area contributed by atoms with E-state index in [9.17, 15) is 4.79 Å². The average molecular weight is 326 g/mol. The van der Waals surface area contributed by atoms with Gasteiger partial charge in [-0.05, 0) is 29.5 Å². The Hall–Kier alpha value is -2.93. The van der Waals surface area contributed by atoms with Crippen LogP contribution in [0.3, 0.4) is 0 Å². The molecule has 25 heavy (non-hydrogen) atoms. The van der Waals surface area contributed by atoms with Gasteiger partial charge in [0.2, 0.25) is 0 Å². The molecule has 0 bridgehead atoms. The third-order valence-corrected chi connectivity index (χ3v) is 4.23. The summed E-state index contributed by atoms with van der Waals surface area (Å²) >= 11 is 0. The highest BCUT2D eigenvalue weighted by molar-refractivity contribution is 6.01. The van der Waals surface area contributed by atoms with E-state index in [-0.39, 0.29) is 5.78 Å². The Bertz CT molecular complexity index is 821. The lowest BCUT2D eigenvalue weighted by atomic mass is 9.87. The normalized spacial score (nSPS) is 18.6. The molecular formula is C24H22O. The molecule has 1 nitrogen and oxygen atoms in total. The van der Waals surface area contributed by atoms with E-state index in [0.717, 1.165) is 35.1 Å². The van der Waals surface area contributed by atoms with Crippen molar-refractivity contribution in [2.75, 3.05) is 0 Å². The second-order valence-corrected chi connectivity index (χ2v) is 6.09. The molecule has 0 aromatic heterocycles. The lowest BCUT2D eigenvalue weighted by Gasteiger charge is -2.16. The first-order chi connectivity index (χ1) is 12.3. The monoisotopic (exact) mass is 326 g/mol. The van der Waals surface area contributed by atoms with Crippen LogP contribution in [0.15, 0.2) is 96.1 Å². The smallest absolute Gasteiger partial charge is 0.163 e. The molecule has 1 saturated carbocycles. The summed E-state index contributed by atoms with van der Waals surface area (Å²) in [6, 6.07) is 20.3. The summed E-state index contributed by atoms with van der Waals surface area (Å²) in [7, 11) is 0. The van der Waals surface area contributed by atoms with E-state index in [0.29, 0.717) is 6.42 Å². The Balaban J connectivity index is 1.77. The molecule has 0 saturated heterocycles. The highest BCUT2D eigenvalue weighted by atomic mass is 16.1. The summed E-state index contributed by atoms with van der Waals surface area (Å²) in [6.07, 6.45) is 14.7. The van der Waals surface area contributed by atoms with Crippen molar-refractivity contribution in [1.82, 2.24) is 0 Å². The van der Waals surface area contributed by atoms with Crippen LogP contribution in [-0.4, -0.2) is 5.78 Å². The van der Waals surface area contributed by atoms with Crippen molar-refractivity contribution in [3.63, 3.8) is 0 Å². The van der Waals surface area contributed by atoms with Crippen molar-refractivity contribution in [3.05, 3.63) is 107 Å². The number of benzene rings is 2. The number of carbonyl (C=O) groups excluding carboxylic acids is 1. The van der Waals surface area contributed by atoms with Gasteiger partial charge in [0, 0.05) is 12.0 Å². The standard InChI is InChI=1S/C24H22O/c25-24-19-9-17-22(16-7-14-20-10-3-1-4-11-20)23(24)18-8-15-21-12-5-2-6-13-21/h1-8,10-16,18H,9,17,19H2. The summed E-state index contributed by atoms with van der Waals surface area (Å²) < 4.78 is 0. The molecule has 1 fully saturated rings. The van der Waals surface area contributed by atoms with Crippen LogP contribution in [0, 0.1) is 0 Å². The van der Waals surface area contributed by atoms with Crippen molar-refractivity contribution < 1.29 is 4.79 Å². The number of hydrogen-bond acceptors (Lipinski definition) is 1. The fourth-order valence-electron chi connectivity index (χ4n) is 2.92. The highest BCUT2D eigenvalue weighted by Gasteiger charge is 2.18. The number of rotatable bonds is 4. The summed E-state index contributed by atoms with van der Waals surface area (Å²) in [4.78, 5) is 12.3. The van der Waals surface area contributed by atoms with Crippen LogP contribution in [0.2, 0.25) is 0 Å². The van der Waals surface area contributed by atoms with Gasteiger partial charge >= 0.3 is 0 Å². The third-order valence-electron chi connectivity index (χ3n) is 4.23. The molecule has 3 rings (SSSR count). The van der Waals surface area contributed by atoms with Gasteiger partial charge in [-0.2, -0.15) is 0 Å². The third kappa shape index (κ3) is 5.02. The van der Waals surface area contributed by atoms with Crippen molar-refractivity contribution in [2.24, 2.45) is 0 Å². The molecule has 2 aromatic carbocycles. The molecule has 0 unspecified atom stereocenters. The molecule has 0 N–H and O–H groups in total. The SMILES string of the molecule is O=C1CCCC(=CC=Cc2ccccc2)C1=CC=Cc1ccccc1. The maximum Gasteiger partial charge on any atom is 0.163 e. The Morgan fingerprint density at radius 2 is 1.24 bits per heavy atom. The van der Waals surface area contributed by atoms with E-state index in [1.807, 2.05) is 60.7 Å². The van der Waals surface area contributed by atoms with Crippen LogP contribution in [0.4, 0.5) is 0 Å². The molecule has 124 valence electrons. The lowest BCUT2D eigenvalue weighted by molar-refractivity contribution is -0.115. The Morgan fingerprint density at radius 3 is 1.84 bits per heavy atom. The second-order valence-electron chi connectivity index (χ2n) is 6.09. The highest BCUT2D eigenvalue weighted by Crippen LogP contribution is 2.26. The first-order valence-corrected chi connectivity index (χ1v) is 8.72. The van der Waals surface area contributed by atoms with Crippen LogP contribution >= 0.6 is 0 Å². The fourth-order valence-corrected chi connectivity index (χ4v) is 2.92. The van der Waals surface area contributed by atoms with Crippen LogP contribution in [0.5, 0.6) is 0 Å². The first kappa shape index (κ1) is 16.9. The van der Waals surface area contributed by atoms with Gasteiger partial charge in [0.05, 0.1) is 0 Å². The number of Topliss-reactive ketones (excluding diaryl/α,β-unsaturated/α-hetero) is 1. The van der Waals surface area contributed by atoms with E-state index in [1.54, 1.807) is 0 Å². The molecule has 0 spiro atoms. The van der Waals surface area contributed by atoms with Crippen molar-refractivity contribution >= 4 is 17.9 Å². The van der Waals surface area contributed by atoms with Gasteiger partial charge in [-0.1, -0.05) is 97.1 Å². The fraction of sp³-hybridized carbons (Fsp3) is 0.125. The average Bonchev–Trinajstić information content (AvgIpc) is 2.65. The van der Waals surface area contributed by atoms with E-state index in [2.05, 4.69) is 36.4 Å². The Kier molecular flexibility index (Phi) is 5.95. The summed E-state index contributed by atoms with van der Waals surface area (Å²) in [5.41, 5.74) is 4.27. The Morgan fingerprint density at radius 1 is 0.680 bits per heavy atom. The zero-order chi connectivity index (χ0) is 17.3. The van der Waals surface area contributed by atoms with Gasteiger partial charge in [-0.15, -0.1) is 0 Å². The van der Waals surface area contributed by atoms with E-state index in [4.69, 9.17) is 0 Å². The van der Waals surface area contributed by atoms with Crippen LogP contribution in [0.25, 0.3) is 12.2 Å². The Labute approximate surface area is 149 Å². The first-order valence-electron chi connectivity index (χ1n) is 8.72. The maximum atomic E-state index is 12.3. The molecule has 1 heteroatoms. The van der Waals surface area contributed by atoms with Crippen LogP contribution in [-0.2, 0) is 4.79 Å².